The number of imidazole rings is 1. The van der Waals surface area contributed by atoms with Crippen molar-refractivity contribution in [3.8, 4) is 22.6 Å². The van der Waals surface area contributed by atoms with E-state index in [0.29, 0.717) is 0 Å². The molecule has 5 fully saturated rings. The lowest BCUT2D eigenvalue weighted by molar-refractivity contribution is -0.00769. The topological polar surface area (TPSA) is 60.7 Å². The number of benzene rings is 2. The smallest absolute Gasteiger partial charge is 0.487 e. The van der Waals surface area contributed by atoms with Gasteiger partial charge in [0.05, 0.1) is 11.2 Å². The Kier molecular flexibility index (Phi) is 8.52. The minimum absolute atomic E-state index is 0.0110. The second kappa shape index (κ2) is 13.1. The maximum absolute atomic E-state index is 6.52. The second-order valence-electron chi connectivity index (χ2n) is 18.6. The summed E-state index contributed by atoms with van der Waals surface area (Å²) in [5.74, 6) is 2.16. The van der Waals surface area contributed by atoms with Crippen LogP contribution in [0.25, 0.3) is 16.8 Å². The summed E-state index contributed by atoms with van der Waals surface area (Å²) < 4.78 is 27.6. The average molecular weight is 729 g/mol. The van der Waals surface area contributed by atoms with Crippen LogP contribution in [0.15, 0.2) is 67.1 Å². The van der Waals surface area contributed by atoms with Crippen molar-refractivity contribution in [3.63, 3.8) is 0 Å². The van der Waals surface area contributed by atoms with E-state index < -0.39 is 0 Å². The molecule has 8 nitrogen and oxygen atoms in total. The number of likely N-dealkylation sites (tertiary alicyclic amines) is 2. The van der Waals surface area contributed by atoms with E-state index in [4.69, 9.17) is 18.8 Å². The Bertz CT molecular complexity index is 2000. The highest BCUT2D eigenvalue weighted by Crippen LogP contribution is 2.45. The number of rotatable bonds is 4. The summed E-state index contributed by atoms with van der Waals surface area (Å²) >= 11 is 0. The molecule has 11 rings (SSSR count). The van der Waals surface area contributed by atoms with Crippen LogP contribution in [0.3, 0.4) is 0 Å². The molecule has 0 bridgehead atoms. The fourth-order valence-electron chi connectivity index (χ4n) is 9.94. The number of nitrogens with zero attached hydrogens (tertiary/aromatic N) is 4. The van der Waals surface area contributed by atoms with Gasteiger partial charge in [-0.2, -0.15) is 0 Å². The molecular formula is C45H57BN4O4. The van der Waals surface area contributed by atoms with Crippen LogP contribution in [-0.2, 0) is 22.2 Å². The van der Waals surface area contributed by atoms with Crippen molar-refractivity contribution in [3.05, 3.63) is 78.2 Å². The summed E-state index contributed by atoms with van der Waals surface area (Å²) in [4.78, 5) is 9.73. The van der Waals surface area contributed by atoms with Crippen molar-refractivity contribution < 1.29 is 18.8 Å². The highest BCUT2D eigenvalue weighted by Gasteiger charge is 2.52. The van der Waals surface area contributed by atoms with E-state index in [-0.39, 0.29) is 29.5 Å². The van der Waals surface area contributed by atoms with Crippen molar-refractivity contribution in [2.24, 2.45) is 0 Å². The van der Waals surface area contributed by atoms with Crippen molar-refractivity contribution in [1.29, 1.82) is 0 Å². The fraction of sp³-hybridized carbons (Fsp3) is 0.578. The molecule has 2 aromatic heterocycles. The van der Waals surface area contributed by atoms with Gasteiger partial charge in [0.1, 0.15) is 28.3 Å². The molecule has 0 amide bonds. The maximum Gasteiger partial charge on any atom is 0.494 e. The Hall–Kier alpha value is -3.37. The van der Waals surface area contributed by atoms with E-state index in [9.17, 15) is 0 Å². The molecule has 2 aliphatic carbocycles. The first-order valence-electron chi connectivity index (χ1n) is 21.0. The van der Waals surface area contributed by atoms with Crippen molar-refractivity contribution in [2.75, 3.05) is 26.2 Å². The predicted octanol–water partition coefficient (Wildman–Crippen LogP) is 7.63. The van der Waals surface area contributed by atoms with Crippen LogP contribution in [0.5, 0.6) is 11.5 Å². The lowest BCUT2D eigenvalue weighted by atomic mass is 9.77. The third-order valence-corrected chi connectivity index (χ3v) is 14.7. The van der Waals surface area contributed by atoms with E-state index in [0.717, 1.165) is 73.2 Å². The SMILES string of the molecule is CC1(C)OB(c2ccc3c(c2)CC2(CCN(C4CCC4)CC2)O3)OC1(C)C.c1cn2cc(-c3ccc4c(c3)CC3(CCN(C5CCC5)CC3)O4)ccc2n1. The fourth-order valence-corrected chi connectivity index (χ4v) is 9.94. The summed E-state index contributed by atoms with van der Waals surface area (Å²) in [6, 6.07) is 19.1. The first kappa shape index (κ1) is 35.1. The van der Waals surface area contributed by atoms with Crippen LogP contribution in [0.1, 0.15) is 103 Å². The molecule has 7 aliphatic rings. The number of hydrogen-bond acceptors (Lipinski definition) is 7. The van der Waals surface area contributed by atoms with Gasteiger partial charge in [-0.25, -0.2) is 4.98 Å². The van der Waals surface area contributed by atoms with Crippen molar-refractivity contribution >= 4 is 18.2 Å². The van der Waals surface area contributed by atoms with Crippen LogP contribution >= 0.6 is 0 Å². The molecule has 284 valence electrons. The number of piperidine rings is 2. The Morgan fingerprint density at radius 1 is 0.648 bits per heavy atom. The third-order valence-electron chi connectivity index (χ3n) is 14.7. The molecule has 5 aliphatic heterocycles. The van der Waals surface area contributed by atoms with E-state index >= 15 is 0 Å². The summed E-state index contributed by atoms with van der Waals surface area (Å²) in [6.07, 6.45) is 21.1. The summed E-state index contributed by atoms with van der Waals surface area (Å²) in [5, 5.41) is 0. The molecule has 0 radical (unpaired) electrons. The van der Waals surface area contributed by atoms with Gasteiger partial charge in [-0.3, -0.25) is 0 Å². The molecule has 2 spiro atoms. The molecule has 3 saturated heterocycles. The number of ether oxygens (including phenoxy) is 2. The Morgan fingerprint density at radius 2 is 1.19 bits per heavy atom. The molecule has 0 N–H and O–H groups in total. The molecular weight excluding hydrogens is 671 g/mol. The minimum Gasteiger partial charge on any atom is -0.487 e. The summed E-state index contributed by atoms with van der Waals surface area (Å²) in [5.41, 5.74) is 6.72. The summed E-state index contributed by atoms with van der Waals surface area (Å²) in [6.45, 7) is 13.2. The van der Waals surface area contributed by atoms with Gasteiger partial charge >= 0.3 is 7.12 Å². The second-order valence-corrected chi connectivity index (χ2v) is 18.6. The Morgan fingerprint density at radius 3 is 1.74 bits per heavy atom. The lowest BCUT2D eigenvalue weighted by Gasteiger charge is -2.45. The van der Waals surface area contributed by atoms with Gasteiger partial charge in [-0.05, 0) is 111 Å². The van der Waals surface area contributed by atoms with Crippen LogP contribution in [-0.4, -0.2) is 87.0 Å². The molecule has 7 heterocycles. The summed E-state index contributed by atoms with van der Waals surface area (Å²) in [7, 11) is -0.294. The van der Waals surface area contributed by atoms with Crippen LogP contribution in [0.2, 0.25) is 0 Å². The predicted molar refractivity (Wildman–Crippen MR) is 214 cm³/mol. The zero-order chi connectivity index (χ0) is 36.7. The molecule has 9 heteroatoms. The highest BCUT2D eigenvalue weighted by molar-refractivity contribution is 6.62. The zero-order valence-electron chi connectivity index (χ0n) is 32.8. The van der Waals surface area contributed by atoms with Gasteiger partial charge in [0.15, 0.2) is 0 Å². The lowest BCUT2D eigenvalue weighted by Crippen LogP contribution is -2.52. The van der Waals surface area contributed by atoms with Crippen LogP contribution < -0.4 is 14.9 Å². The minimum atomic E-state index is -0.303. The Balaban J connectivity index is 0.000000134. The first-order valence-corrected chi connectivity index (χ1v) is 21.0. The molecule has 2 aromatic carbocycles. The van der Waals surface area contributed by atoms with Gasteiger partial charge in [0.2, 0.25) is 0 Å². The van der Waals surface area contributed by atoms with E-state index in [2.05, 4.69) is 102 Å². The van der Waals surface area contributed by atoms with Gasteiger partial charge in [-0.1, -0.05) is 31.0 Å². The van der Waals surface area contributed by atoms with E-state index in [1.165, 1.54) is 87.0 Å². The molecule has 0 unspecified atom stereocenters. The standard InChI is InChI=1S/C23H25N3O.C22H32BNO3/c1-2-20(3-1)25-11-8-23(9-12-25)15-19-14-17(4-6-21(19)27-23)18-5-7-22-24-10-13-26(22)16-18;1-20(2)21(3,4)27-23(26-20)17-8-9-19-16(14-17)15-22(25-19)10-12-24(13-11-22)18-6-5-7-18/h4-7,10,13-14,16,20H,1-3,8-9,11-12,15H2;8-9,14,18H,5-7,10-13,15H2,1-4H3. The van der Waals surface area contributed by atoms with Gasteiger partial charge < -0.3 is 33.0 Å². The van der Waals surface area contributed by atoms with Gasteiger partial charge in [-0.15, -0.1) is 0 Å². The monoisotopic (exact) mass is 728 g/mol. The number of hydrogen-bond donors (Lipinski definition) is 0. The molecule has 0 atom stereocenters. The molecule has 54 heavy (non-hydrogen) atoms. The average Bonchev–Trinajstić information content (AvgIpc) is 3.86. The van der Waals surface area contributed by atoms with Crippen molar-refractivity contribution in [2.45, 2.75) is 139 Å². The first-order chi connectivity index (χ1) is 26.0. The largest absolute Gasteiger partial charge is 0.494 e. The number of aromatic nitrogens is 2. The van der Waals surface area contributed by atoms with Gasteiger partial charge in [0.25, 0.3) is 0 Å². The third kappa shape index (κ3) is 6.27. The van der Waals surface area contributed by atoms with Gasteiger partial charge in [0, 0.05) is 95.4 Å². The van der Waals surface area contributed by atoms with E-state index in [1.54, 1.807) is 0 Å². The molecule has 4 aromatic rings. The highest BCUT2D eigenvalue weighted by atomic mass is 16.7. The normalized spacial score (nSPS) is 25.4. The molecule has 2 saturated carbocycles. The van der Waals surface area contributed by atoms with Crippen molar-refractivity contribution in [1.82, 2.24) is 19.2 Å². The number of fused-ring (bicyclic) bond motifs is 3. The quantitative estimate of drug-likeness (QED) is 0.201. The number of pyridine rings is 1. The maximum atomic E-state index is 6.52. The van der Waals surface area contributed by atoms with Crippen LogP contribution in [0.4, 0.5) is 0 Å². The van der Waals surface area contributed by atoms with E-state index in [1.807, 2.05) is 12.4 Å². The Labute approximate surface area is 321 Å². The van der Waals surface area contributed by atoms with Crippen LogP contribution in [0, 0.1) is 0 Å². The zero-order valence-corrected chi connectivity index (χ0v) is 32.8.